The number of morpholine rings is 1. The van der Waals surface area contributed by atoms with Gasteiger partial charge in [-0.25, -0.2) is 24.1 Å². The molecule has 2 aromatic carbocycles. The van der Waals surface area contributed by atoms with Crippen LogP contribution in [0, 0.1) is 5.82 Å². The predicted octanol–water partition coefficient (Wildman–Crippen LogP) is 4.76. The lowest BCUT2D eigenvalue weighted by atomic mass is 10.0. The topological polar surface area (TPSA) is 129 Å². The van der Waals surface area contributed by atoms with Crippen LogP contribution in [0.1, 0.15) is 10.4 Å². The van der Waals surface area contributed by atoms with E-state index in [2.05, 4.69) is 30.4 Å². The minimum atomic E-state index is -0.477. The van der Waals surface area contributed by atoms with Crippen molar-refractivity contribution in [2.24, 2.45) is 0 Å². The van der Waals surface area contributed by atoms with Crippen LogP contribution in [-0.2, 0) is 4.74 Å². The quantitative estimate of drug-likeness (QED) is 0.268. The van der Waals surface area contributed by atoms with E-state index in [1.807, 2.05) is 11.9 Å². The zero-order valence-electron chi connectivity index (χ0n) is 26.4. The van der Waals surface area contributed by atoms with E-state index in [1.165, 1.54) is 6.07 Å². The summed E-state index contributed by atoms with van der Waals surface area (Å²) in [6.07, 6.45) is 4.85. The molecule has 48 heavy (non-hydrogen) atoms. The summed E-state index contributed by atoms with van der Waals surface area (Å²) in [6, 6.07) is 16.6. The van der Waals surface area contributed by atoms with Crippen molar-refractivity contribution in [2.75, 3.05) is 75.1 Å². The normalized spacial score (nSPS) is 15.4. The highest BCUT2D eigenvalue weighted by Crippen LogP contribution is 2.33. The Morgan fingerprint density at radius 3 is 2.35 bits per heavy atom. The summed E-state index contributed by atoms with van der Waals surface area (Å²) in [5.41, 5.74) is 3.38. The first kappa shape index (κ1) is 31.1. The van der Waals surface area contributed by atoms with Gasteiger partial charge in [-0.2, -0.15) is 0 Å². The van der Waals surface area contributed by atoms with Crippen molar-refractivity contribution in [1.82, 2.24) is 29.7 Å². The summed E-state index contributed by atoms with van der Waals surface area (Å²) >= 11 is 0. The summed E-state index contributed by atoms with van der Waals surface area (Å²) in [4.78, 5) is 49.9. The second-order valence-electron chi connectivity index (χ2n) is 11.7. The zero-order valence-corrected chi connectivity index (χ0v) is 26.4. The van der Waals surface area contributed by atoms with Gasteiger partial charge in [-0.05, 0) is 61.6 Å². The fourth-order valence-electron chi connectivity index (χ4n) is 5.79. The first-order valence-electron chi connectivity index (χ1n) is 15.8. The van der Waals surface area contributed by atoms with E-state index >= 15 is 4.39 Å². The predicted molar refractivity (Wildman–Crippen MR) is 181 cm³/mol. The first-order valence-corrected chi connectivity index (χ1v) is 15.8. The standard InChI is InChI=1S/C35H34FN9O3/c1-43-11-13-45(14-12-43)34(46)23-4-7-26(8-5-23)39-35(47)41-31-9-6-25(22-38-31)32-40-30-20-27(24-3-2-10-37-21-24)29(36)19-28(30)33(42-32)44-15-17-48-18-16-44/h2-10,19-22H,11-18H2,1H3,(H2,38,39,41,47). The Hall–Kier alpha value is -5.53. The lowest BCUT2D eigenvalue weighted by Crippen LogP contribution is -2.47. The number of carbonyl (C=O) groups is 2. The molecule has 5 aromatic rings. The molecule has 2 N–H and O–H groups in total. The van der Waals surface area contributed by atoms with Crippen molar-refractivity contribution in [3.8, 4) is 22.5 Å². The van der Waals surface area contributed by atoms with Gasteiger partial charge in [0.25, 0.3) is 5.91 Å². The second kappa shape index (κ2) is 13.7. The molecule has 5 heterocycles. The van der Waals surface area contributed by atoms with Gasteiger partial charge in [0.15, 0.2) is 5.82 Å². The molecule has 2 fully saturated rings. The third kappa shape index (κ3) is 6.77. The average molecular weight is 648 g/mol. The van der Waals surface area contributed by atoms with Crippen LogP contribution in [0.4, 0.5) is 26.5 Å². The lowest BCUT2D eigenvalue weighted by Gasteiger charge is -2.32. The van der Waals surface area contributed by atoms with E-state index < -0.39 is 6.03 Å². The number of benzene rings is 2. The minimum absolute atomic E-state index is 0.0167. The number of nitrogens with one attached hydrogen (secondary N) is 2. The van der Waals surface area contributed by atoms with E-state index in [-0.39, 0.29) is 11.7 Å². The van der Waals surface area contributed by atoms with E-state index in [1.54, 1.807) is 73.2 Å². The lowest BCUT2D eigenvalue weighted by molar-refractivity contribution is 0.0664. The maximum absolute atomic E-state index is 15.4. The van der Waals surface area contributed by atoms with Crippen LogP contribution in [0.3, 0.4) is 0 Å². The molecule has 0 spiro atoms. The number of anilines is 3. The fourth-order valence-corrected chi connectivity index (χ4v) is 5.79. The van der Waals surface area contributed by atoms with Crippen molar-refractivity contribution < 1.29 is 18.7 Å². The molecule has 0 radical (unpaired) electrons. The SMILES string of the molecule is CN1CCN(C(=O)c2ccc(NC(=O)Nc3ccc(-c4nc(N5CCOCC5)c5cc(F)c(-c6cccnc6)cc5n4)cn3)cc2)CC1. The van der Waals surface area contributed by atoms with Gasteiger partial charge >= 0.3 is 6.03 Å². The van der Waals surface area contributed by atoms with E-state index in [0.717, 1.165) is 13.1 Å². The Bertz CT molecular complexity index is 1930. The third-order valence-electron chi connectivity index (χ3n) is 8.49. The zero-order chi connectivity index (χ0) is 33.0. The number of likely N-dealkylation sites (N-methyl/N-ethyl adjacent to an activating group) is 1. The third-order valence-corrected chi connectivity index (χ3v) is 8.49. The molecule has 3 aromatic heterocycles. The monoisotopic (exact) mass is 647 g/mol. The highest BCUT2D eigenvalue weighted by Gasteiger charge is 2.22. The highest BCUT2D eigenvalue weighted by atomic mass is 19.1. The minimum Gasteiger partial charge on any atom is -0.378 e. The van der Waals surface area contributed by atoms with Gasteiger partial charge in [0, 0.05) is 91.2 Å². The molecule has 0 aliphatic carbocycles. The van der Waals surface area contributed by atoms with Crippen LogP contribution in [0.15, 0.2) is 79.3 Å². The number of urea groups is 1. The van der Waals surface area contributed by atoms with Gasteiger partial charge < -0.3 is 24.8 Å². The number of ether oxygens (including phenoxy) is 1. The van der Waals surface area contributed by atoms with Crippen molar-refractivity contribution in [3.63, 3.8) is 0 Å². The van der Waals surface area contributed by atoms with Gasteiger partial charge in [0.2, 0.25) is 0 Å². The van der Waals surface area contributed by atoms with Crippen molar-refractivity contribution in [2.45, 2.75) is 0 Å². The Morgan fingerprint density at radius 1 is 0.854 bits per heavy atom. The molecule has 12 nitrogen and oxygen atoms in total. The Kier molecular flexibility index (Phi) is 8.86. The smallest absolute Gasteiger partial charge is 0.324 e. The van der Waals surface area contributed by atoms with Crippen LogP contribution in [0.2, 0.25) is 0 Å². The largest absolute Gasteiger partial charge is 0.378 e. The molecule has 244 valence electrons. The molecular formula is C35H34FN9O3. The molecular weight excluding hydrogens is 613 g/mol. The molecule has 0 bridgehead atoms. The summed E-state index contributed by atoms with van der Waals surface area (Å²) < 4.78 is 20.9. The Balaban J connectivity index is 1.08. The number of aromatic nitrogens is 4. The molecule has 7 rings (SSSR count). The van der Waals surface area contributed by atoms with Crippen LogP contribution in [0.25, 0.3) is 33.4 Å². The summed E-state index contributed by atoms with van der Waals surface area (Å²) in [5.74, 6) is 0.965. The molecule has 2 aliphatic heterocycles. The summed E-state index contributed by atoms with van der Waals surface area (Å²) in [7, 11) is 2.04. The number of rotatable bonds is 6. The molecule has 13 heteroatoms. The van der Waals surface area contributed by atoms with E-state index in [4.69, 9.17) is 14.7 Å². The van der Waals surface area contributed by atoms with Gasteiger partial charge in [-0.15, -0.1) is 0 Å². The van der Waals surface area contributed by atoms with Crippen molar-refractivity contribution in [3.05, 3.63) is 90.6 Å². The van der Waals surface area contributed by atoms with Crippen LogP contribution < -0.4 is 15.5 Å². The molecule has 0 unspecified atom stereocenters. The number of amides is 3. The maximum atomic E-state index is 15.4. The number of hydrogen-bond donors (Lipinski definition) is 2. The number of halogens is 1. The number of hydrogen-bond acceptors (Lipinski definition) is 9. The van der Waals surface area contributed by atoms with Gasteiger partial charge in [-0.1, -0.05) is 6.07 Å². The first-order chi connectivity index (χ1) is 23.4. The molecule has 2 aliphatic rings. The van der Waals surface area contributed by atoms with Gasteiger partial charge in [0.1, 0.15) is 17.5 Å². The van der Waals surface area contributed by atoms with E-state index in [9.17, 15) is 9.59 Å². The molecule has 3 amide bonds. The second-order valence-corrected chi connectivity index (χ2v) is 11.7. The number of pyridine rings is 2. The summed E-state index contributed by atoms with van der Waals surface area (Å²) in [6.45, 7) is 5.39. The maximum Gasteiger partial charge on any atom is 0.324 e. The Labute approximate surface area is 276 Å². The van der Waals surface area contributed by atoms with Gasteiger partial charge in [-0.3, -0.25) is 15.1 Å². The number of piperazine rings is 1. The molecule has 2 saturated heterocycles. The van der Waals surface area contributed by atoms with Gasteiger partial charge in [0.05, 0.1) is 18.7 Å². The van der Waals surface area contributed by atoms with Crippen molar-refractivity contribution >= 4 is 40.2 Å². The summed E-state index contributed by atoms with van der Waals surface area (Å²) in [5, 5.41) is 6.12. The van der Waals surface area contributed by atoms with Crippen molar-refractivity contribution in [1.29, 1.82) is 0 Å². The Morgan fingerprint density at radius 2 is 1.65 bits per heavy atom. The van der Waals surface area contributed by atoms with Crippen LogP contribution in [0.5, 0.6) is 0 Å². The number of fused-ring (bicyclic) bond motifs is 1. The molecule has 0 saturated carbocycles. The highest BCUT2D eigenvalue weighted by molar-refractivity contribution is 6.00. The number of nitrogens with zero attached hydrogens (tertiary/aromatic N) is 7. The van der Waals surface area contributed by atoms with E-state index in [0.29, 0.717) is 95.7 Å². The average Bonchev–Trinajstić information content (AvgIpc) is 3.12. The fraction of sp³-hybridized carbons (Fsp3) is 0.257. The molecule has 0 atom stereocenters. The van der Waals surface area contributed by atoms with Crippen LogP contribution in [-0.4, -0.2) is 101 Å². The number of carbonyl (C=O) groups excluding carboxylic acids is 2. The van der Waals surface area contributed by atoms with Crippen LogP contribution >= 0.6 is 0 Å².